The van der Waals surface area contributed by atoms with Crippen LogP contribution in [-0.2, 0) is 9.47 Å². The predicted molar refractivity (Wildman–Crippen MR) is 99.3 cm³/mol. The van der Waals surface area contributed by atoms with Crippen molar-refractivity contribution in [2.24, 2.45) is 0 Å². The first-order chi connectivity index (χ1) is 11.3. The standard InChI is InChI=1S/C18H25BrN2O4/c1-17(2,3)24-15(22)11-21(16(23)25-18(4,5)6)14-9-13(19)8-7-12(14)10-20/h7-9,15,22H,11H2,1-6H3. The molecule has 0 heterocycles. The van der Waals surface area contributed by atoms with Crippen molar-refractivity contribution in [1.82, 2.24) is 0 Å². The fourth-order valence-corrected chi connectivity index (χ4v) is 2.36. The van der Waals surface area contributed by atoms with Crippen molar-refractivity contribution in [1.29, 1.82) is 5.26 Å². The number of benzene rings is 1. The van der Waals surface area contributed by atoms with Crippen molar-refractivity contribution < 1.29 is 19.4 Å². The fraction of sp³-hybridized carbons (Fsp3) is 0.556. The molecule has 0 spiro atoms. The third-order valence-electron chi connectivity index (χ3n) is 2.81. The monoisotopic (exact) mass is 412 g/mol. The summed E-state index contributed by atoms with van der Waals surface area (Å²) in [5, 5.41) is 19.6. The number of hydrogen-bond donors (Lipinski definition) is 1. The molecule has 25 heavy (non-hydrogen) atoms. The Morgan fingerprint density at radius 3 is 2.36 bits per heavy atom. The molecule has 1 N–H and O–H groups in total. The minimum absolute atomic E-state index is 0.169. The van der Waals surface area contributed by atoms with Gasteiger partial charge in [-0.3, -0.25) is 4.90 Å². The minimum atomic E-state index is -1.24. The van der Waals surface area contributed by atoms with Gasteiger partial charge in [0.2, 0.25) is 0 Å². The summed E-state index contributed by atoms with van der Waals surface area (Å²) >= 11 is 3.34. The van der Waals surface area contributed by atoms with E-state index in [4.69, 9.17) is 9.47 Å². The van der Waals surface area contributed by atoms with Crippen LogP contribution in [-0.4, -0.2) is 35.2 Å². The third kappa shape index (κ3) is 7.43. The number of ether oxygens (including phenoxy) is 2. The molecule has 0 radical (unpaired) electrons. The number of anilines is 1. The molecule has 0 aliphatic heterocycles. The number of nitrogens with zero attached hydrogens (tertiary/aromatic N) is 2. The highest BCUT2D eigenvalue weighted by Gasteiger charge is 2.29. The van der Waals surface area contributed by atoms with Gasteiger partial charge in [0.1, 0.15) is 11.7 Å². The van der Waals surface area contributed by atoms with Crippen LogP contribution >= 0.6 is 15.9 Å². The van der Waals surface area contributed by atoms with Crippen LogP contribution < -0.4 is 4.90 Å². The van der Waals surface area contributed by atoms with Gasteiger partial charge in [-0.2, -0.15) is 5.26 Å². The lowest BCUT2D eigenvalue weighted by Gasteiger charge is -2.31. The van der Waals surface area contributed by atoms with Crippen LogP contribution in [0, 0.1) is 11.3 Å². The Morgan fingerprint density at radius 1 is 1.28 bits per heavy atom. The number of aliphatic hydroxyl groups excluding tert-OH is 1. The fourth-order valence-electron chi connectivity index (χ4n) is 2.01. The number of nitriles is 1. The second-order valence-electron chi connectivity index (χ2n) is 7.55. The van der Waals surface area contributed by atoms with E-state index in [1.165, 1.54) is 4.90 Å². The van der Waals surface area contributed by atoms with Crippen LogP contribution in [0.5, 0.6) is 0 Å². The summed E-state index contributed by atoms with van der Waals surface area (Å²) in [4.78, 5) is 13.9. The molecule has 0 aliphatic rings. The van der Waals surface area contributed by atoms with E-state index in [-0.39, 0.29) is 12.1 Å². The van der Waals surface area contributed by atoms with Crippen LogP contribution in [0.15, 0.2) is 22.7 Å². The molecule has 1 atom stereocenters. The molecule has 0 aliphatic carbocycles. The maximum atomic E-state index is 12.7. The molecule has 0 saturated heterocycles. The maximum Gasteiger partial charge on any atom is 0.415 e. The van der Waals surface area contributed by atoms with Gasteiger partial charge in [-0.1, -0.05) is 15.9 Å². The molecule has 0 aromatic heterocycles. The molecule has 1 amide bonds. The molecule has 138 valence electrons. The summed E-state index contributed by atoms with van der Waals surface area (Å²) in [6.45, 7) is 10.5. The Morgan fingerprint density at radius 2 is 1.88 bits per heavy atom. The Balaban J connectivity index is 3.22. The Hall–Kier alpha value is -1.62. The molecule has 0 bridgehead atoms. The highest BCUT2D eigenvalue weighted by molar-refractivity contribution is 9.10. The topological polar surface area (TPSA) is 82.8 Å². The van der Waals surface area contributed by atoms with E-state index in [9.17, 15) is 15.2 Å². The van der Waals surface area contributed by atoms with Crippen LogP contribution in [0.4, 0.5) is 10.5 Å². The number of rotatable bonds is 4. The summed E-state index contributed by atoms with van der Waals surface area (Å²) in [6.07, 6.45) is -1.91. The molecular formula is C18H25BrN2O4. The van der Waals surface area contributed by atoms with Crippen molar-refractivity contribution in [3.05, 3.63) is 28.2 Å². The molecule has 0 fully saturated rings. The number of amides is 1. The summed E-state index contributed by atoms with van der Waals surface area (Å²) in [7, 11) is 0. The van der Waals surface area contributed by atoms with E-state index in [0.717, 1.165) is 0 Å². The number of carbonyl (C=O) groups is 1. The number of hydrogen-bond acceptors (Lipinski definition) is 5. The maximum absolute atomic E-state index is 12.7. The van der Waals surface area contributed by atoms with E-state index in [1.807, 2.05) is 6.07 Å². The van der Waals surface area contributed by atoms with E-state index in [1.54, 1.807) is 59.7 Å². The summed E-state index contributed by atoms with van der Waals surface area (Å²) in [6, 6.07) is 6.98. The van der Waals surface area contributed by atoms with Gasteiger partial charge < -0.3 is 14.6 Å². The van der Waals surface area contributed by atoms with Gasteiger partial charge in [-0.05, 0) is 59.7 Å². The van der Waals surface area contributed by atoms with Gasteiger partial charge in [0.05, 0.1) is 23.4 Å². The SMILES string of the molecule is CC(C)(C)OC(=O)N(CC(O)OC(C)(C)C)c1cc(Br)ccc1C#N. The van der Waals surface area contributed by atoms with Crippen LogP contribution in [0.2, 0.25) is 0 Å². The quantitative estimate of drug-likeness (QED) is 0.749. The van der Waals surface area contributed by atoms with Crippen molar-refractivity contribution in [3.8, 4) is 6.07 Å². The molecule has 1 rings (SSSR count). The van der Waals surface area contributed by atoms with Crippen molar-refractivity contribution in [3.63, 3.8) is 0 Å². The molecular weight excluding hydrogens is 388 g/mol. The van der Waals surface area contributed by atoms with Gasteiger partial charge in [-0.15, -0.1) is 0 Å². The summed E-state index contributed by atoms with van der Waals surface area (Å²) in [5.41, 5.74) is -0.682. The second kappa shape index (κ2) is 8.17. The molecule has 0 saturated carbocycles. The first kappa shape index (κ1) is 21.4. The number of aliphatic hydroxyl groups is 1. The molecule has 7 heteroatoms. The predicted octanol–water partition coefficient (Wildman–Crippen LogP) is 4.20. The van der Waals surface area contributed by atoms with Gasteiger partial charge in [0.15, 0.2) is 6.29 Å². The molecule has 6 nitrogen and oxygen atoms in total. The lowest BCUT2D eigenvalue weighted by atomic mass is 10.1. The first-order valence-corrected chi connectivity index (χ1v) is 8.68. The highest BCUT2D eigenvalue weighted by Crippen LogP contribution is 2.27. The Kier molecular flexibility index (Phi) is 7.00. The molecule has 1 aromatic carbocycles. The van der Waals surface area contributed by atoms with E-state index in [2.05, 4.69) is 15.9 Å². The van der Waals surface area contributed by atoms with Crippen molar-refractivity contribution in [2.75, 3.05) is 11.4 Å². The molecule has 1 unspecified atom stereocenters. The number of carbonyl (C=O) groups excluding carboxylic acids is 1. The minimum Gasteiger partial charge on any atom is -0.443 e. The smallest absolute Gasteiger partial charge is 0.415 e. The summed E-state index contributed by atoms with van der Waals surface area (Å²) < 4.78 is 11.6. The van der Waals surface area contributed by atoms with Gasteiger partial charge in [0, 0.05) is 4.47 Å². The first-order valence-electron chi connectivity index (χ1n) is 7.88. The zero-order valence-corrected chi connectivity index (χ0v) is 17.0. The van der Waals surface area contributed by atoms with Crippen molar-refractivity contribution in [2.45, 2.75) is 59.0 Å². The zero-order chi connectivity index (χ0) is 19.4. The summed E-state index contributed by atoms with van der Waals surface area (Å²) in [5.74, 6) is 0. The largest absolute Gasteiger partial charge is 0.443 e. The average molecular weight is 413 g/mol. The zero-order valence-electron chi connectivity index (χ0n) is 15.5. The van der Waals surface area contributed by atoms with Crippen molar-refractivity contribution >= 4 is 27.7 Å². The van der Waals surface area contributed by atoms with Gasteiger partial charge >= 0.3 is 6.09 Å². The van der Waals surface area contributed by atoms with Crippen LogP contribution in [0.25, 0.3) is 0 Å². The Bertz CT molecular complexity index is 657. The highest BCUT2D eigenvalue weighted by atomic mass is 79.9. The molecule has 1 aromatic rings. The van der Waals surface area contributed by atoms with E-state index < -0.39 is 23.6 Å². The van der Waals surface area contributed by atoms with E-state index in [0.29, 0.717) is 10.2 Å². The van der Waals surface area contributed by atoms with E-state index >= 15 is 0 Å². The normalized spacial score (nSPS) is 13.1. The second-order valence-corrected chi connectivity index (χ2v) is 8.46. The van der Waals surface area contributed by atoms with Gasteiger partial charge in [0.25, 0.3) is 0 Å². The van der Waals surface area contributed by atoms with Crippen LogP contribution in [0.1, 0.15) is 47.1 Å². The lowest BCUT2D eigenvalue weighted by Crippen LogP contribution is -2.44. The number of halogens is 1. The Labute approximate surface area is 157 Å². The third-order valence-corrected chi connectivity index (χ3v) is 3.31. The van der Waals surface area contributed by atoms with Gasteiger partial charge in [-0.25, -0.2) is 4.79 Å². The van der Waals surface area contributed by atoms with Crippen LogP contribution in [0.3, 0.4) is 0 Å². The average Bonchev–Trinajstić information content (AvgIpc) is 2.40. The lowest BCUT2D eigenvalue weighted by molar-refractivity contribution is -0.159.